The summed E-state index contributed by atoms with van der Waals surface area (Å²) in [7, 11) is 0. The summed E-state index contributed by atoms with van der Waals surface area (Å²) >= 11 is 9.11. The van der Waals surface area contributed by atoms with Gasteiger partial charge < -0.3 is 14.2 Å². The summed E-state index contributed by atoms with van der Waals surface area (Å²) in [5.41, 5.74) is 2.03. The third-order valence-corrected chi connectivity index (χ3v) is 5.19. The number of carbonyl (C=O) groups is 1. The van der Waals surface area contributed by atoms with E-state index in [4.69, 9.17) is 25.8 Å². The molecular weight excluding hydrogens is 370 g/mol. The van der Waals surface area contributed by atoms with Gasteiger partial charge >= 0.3 is 5.97 Å². The van der Waals surface area contributed by atoms with E-state index < -0.39 is 5.97 Å². The molecule has 0 atom stereocenters. The predicted octanol–water partition coefficient (Wildman–Crippen LogP) is 4.61. The first kappa shape index (κ1) is 15.4. The number of thiazole rings is 1. The Labute approximate surface area is 150 Å². The fraction of sp³-hybridized carbons (Fsp3) is 0.125. The van der Waals surface area contributed by atoms with Crippen molar-refractivity contribution in [1.82, 2.24) is 4.98 Å². The highest BCUT2D eigenvalue weighted by atomic mass is 35.5. The lowest BCUT2D eigenvalue weighted by atomic mass is 10.2. The van der Waals surface area contributed by atoms with Crippen LogP contribution in [0.15, 0.2) is 34.3 Å². The highest BCUT2D eigenvalue weighted by Gasteiger charge is 2.19. The van der Waals surface area contributed by atoms with Crippen molar-refractivity contribution in [1.29, 1.82) is 0 Å². The molecule has 2 aromatic heterocycles. The molecule has 1 aliphatic rings. The van der Waals surface area contributed by atoms with Gasteiger partial charge in [0.1, 0.15) is 11.6 Å². The largest absolute Gasteiger partial charge is 0.456 e. The summed E-state index contributed by atoms with van der Waals surface area (Å²) < 4.78 is 15.9. The number of nitrogens with zero attached hydrogens (tertiary/aromatic N) is 1. The lowest BCUT2D eigenvalue weighted by Gasteiger charge is -2.06. The average Bonchev–Trinajstić information content (AvgIpc) is 3.31. The summed E-state index contributed by atoms with van der Waals surface area (Å²) in [5, 5.41) is 6.89. The second-order valence-electron chi connectivity index (χ2n) is 4.94. The molecule has 0 fully saturated rings. The van der Waals surface area contributed by atoms with Crippen LogP contribution in [0.2, 0.25) is 5.02 Å². The van der Waals surface area contributed by atoms with Crippen LogP contribution in [0.5, 0.6) is 11.5 Å². The lowest BCUT2D eigenvalue weighted by Crippen LogP contribution is -2.05. The molecule has 4 rings (SSSR count). The van der Waals surface area contributed by atoms with Gasteiger partial charge in [0.2, 0.25) is 6.79 Å². The molecule has 8 heteroatoms. The minimum atomic E-state index is -0.471. The Kier molecular flexibility index (Phi) is 4.13. The van der Waals surface area contributed by atoms with Gasteiger partial charge in [0.25, 0.3) is 0 Å². The molecule has 0 saturated carbocycles. The van der Waals surface area contributed by atoms with E-state index in [1.165, 1.54) is 11.3 Å². The molecule has 3 aromatic rings. The van der Waals surface area contributed by atoms with Crippen LogP contribution in [-0.4, -0.2) is 17.7 Å². The molecule has 0 spiro atoms. The molecule has 5 nitrogen and oxygen atoms in total. The number of aromatic nitrogens is 1. The summed E-state index contributed by atoms with van der Waals surface area (Å²) in [4.78, 5) is 16.5. The fourth-order valence-corrected chi connectivity index (χ4v) is 4.00. The van der Waals surface area contributed by atoms with Gasteiger partial charge in [-0.15, -0.1) is 11.3 Å². The molecule has 0 bridgehead atoms. The van der Waals surface area contributed by atoms with E-state index in [9.17, 15) is 4.79 Å². The maximum Gasteiger partial charge on any atom is 0.358 e. The van der Waals surface area contributed by atoms with Crippen molar-refractivity contribution in [2.24, 2.45) is 0 Å². The average molecular weight is 380 g/mol. The minimum Gasteiger partial charge on any atom is -0.456 e. The number of carbonyl (C=O) groups excluding carboxylic acids is 1. The van der Waals surface area contributed by atoms with Crippen molar-refractivity contribution in [3.63, 3.8) is 0 Å². The smallest absolute Gasteiger partial charge is 0.358 e. The normalized spacial score (nSPS) is 12.4. The monoisotopic (exact) mass is 379 g/mol. The van der Waals surface area contributed by atoms with Gasteiger partial charge in [-0.3, -0.25) is 0 Å². The molecule has 0 N–H and O–H groups in total. The Balaban J connectivity index is 1.45. The molecule has 0 radical (unpaired) electrons. The molecule has 3 heterocycles. The van der Waals surface area contributed by atoms with E-state index in [0.717, 1.165) is 16.1 Å². The lowest BCUT2D eigenvalue weighted by molar-refractivity contribution is 0.0466. The van der Waals surface area contributed by atoms with Gasteiger partial charge in [0, 0.05) is 16.3 Å². The van der Waals surface area contributed by atoms with E-state index >= 15 is 0 Å². The van der Waals surface area contributed by atoms with Gasteiger partial charge in [0.05, 0.1) is 5.02 Å². The third kappa shape index (κ3) is 2.98. The molecular formula is C16H10ClNO4S2. The van der Waals surface area contributed by atoms with Gasteiger partial charge in [-0.1, -0.05) is 11.6 Å². The zero-order valence-corrected chi connectivity index (χ0v) is 14.5. The number of benzene rings is 1. The Morgan fingerprint density at radius 3 is 3.08 bits per heavy atom. The Bertz CT molecular complexity index is 892. The van der Waals surface area contributed by atoms with E-state index in [-0.39, 0.29) is 13.4 Å². The maximum atomic E-state index is 12.2. The number of rotatable bonds is 4. The molecule has 0 amide bonds. The van der Waals surface area contributed by atoms with Crippen LogP contribution in [0, 0.1) is 0 Å². The van der Waals surface area contributed by atoms with Crippen LogP contribution in [0.25, 0.3) is 10.6 Å². The number of hydrogen-bond acceptors (Lipinski definition) is 7. The standard InChI is InChI=1S/C16H10ClNO4S2/c17-11-3-9(4-13-14(11)22-8-21-13)5-20-16(19)12-7-24-15(18-12)10-1-2-23-6-10/h1-4,6-7H,5,8H2. The number of ether oxygens (including phenoxy) is 3. The second kappa shape index (κ2) is 6.43. The van der Waals surface area contributed by atoms with Gasteiger partial charge in [-0.25, -0.2) is 9.78 Å². The highest BCUT2D eigenvalue weighted by Crippen LogP contribution is 2.40. The predicted molar refractivity (Wildman–Crippen MR) is 92.1 cm³/mol. The molecule has 1 aromatic carbocycles. The van der Waals surface area contributed by atoms with Crippen molar-refractivity contribution in [2.75, 3.05) is 6.79 Å². The van der Waals surface area contributed by atoms with Gasteiger partial charge in [0.15, 0.2) is 17.2 Å². The minimum absolute atomic E-state index is 0.0838. The van der Waals surface area contributed by atoms with Crippen LogP contribution in [0.3, 0.4) is 0 Å². The zero-order chi connectivity index (χ0) is 16.5. The molecule has 122 valence electrons. The number of hydrogen-bond donors (Lipinski definition) is 0. The number of halogens is 1. The maximum absolute atomic E-state index is 12.2. The quantitative estimate of drug-likeness (QED) is 0.619. The van der Waals surface area contributed by atoms with Crippen molar-refractivity contribution in [3.8, 4) is 22.1 Å². The molecule has 1 aliphatic heterocycles. The fourth-order valence-electron chi connectivity index (χ4n) is 2.21. The number of thiophene rings is 1. The van der Waals surface area contributed by atoms with E-state index in [1.807, 2.05) is 16.8 Å². The number of fused-ring (bicyclic) bond motifs is 1. The summed E-state index contributed by atoms with van der Waals surface area (Å²) in [6.45, 7) is 0.225. The molecule has 24 heavy (non-hydrogen) atoms. The van der Waals surface area contributed by atoms with Gasteiger partial charge in [-0.05, 0) is 29.1 Å². The van der Waals surface area contributed by atoms with Crippen molar-refractivity contribution >= 4 is 40.2 Å². The summed E-state index contributed by atoms with van der Waals surface area (Å²) in [6, 6.07) is 5.41. The first-order valence-electron chi connectivity index (χ1n) is 6.94. The first-order valence-corrected chi connectivity index (χ1v) is 9.14. The topological polar surface area (TPSA) is 57.7 Å². The van der Waals surface area contributed by atoms with Crippen LogP contribution >= 0.6 is 34.3 Å². The number of esters is 1. The van der Waals surface area contributed by atoms with Crippen molar-refractivity contribution in [3.05, 3.63) is 50.6 Å². The second-order valence-corrected chi connectivity index (χ2v) is 6.98. The summed E-state index contributed by atoms with van der Waals surface area (Å²) in [6.07, 6.45) is 0. The van der Waals surface area contributed by atoms with Crippen LogP contribution in [0.4, 0.5) is 0 Å². The van der Waals surface area contributed by atoms with E-state index in [1.54, 1.807) is 28.8 Å². The molecule has 0 saturated heterocycles. The van der Waals surface area contributed by atoms with E-state index in [2.05, 4.69) is 4.98 Å². The van der Waals surface area contributed by atoms with Crippen LogP contribution < -0.4 is 9.47 Å². The Hall–Kier alpha value is -2.09. The first-order chi connectivity index (χ1) is 11.7. The zero-order valence-electron chi connectivity index (χ0n) is 12.2. The van der Waals surface area contributed by atoms with E-state index in [0.29, 0.717) is 22.2 Å². The SMILES string of the molecule is O=C(OCc1cc(Cl)c2c(c1)OCO2)c1csc(-c2ccsc2)n1. The molecule has 0 aliphatic carbocycles. The molecule has 0 unspecified atom stereocenters. The van der Waals surface area contributed by atoms with Crippen LogP contribution in [-0.2, 0) is 11.3 Å². The van der Waals surface area contributed by atoms with Crippen molar-refractivity contribution in [2.45, 2.75) is 6.61 Å². The third-order valence-electron chi connectivity index (χ3n) is 3.34. The van der Waals surface area contributed by atoms with Gasteiger partial charge in [-0.2, -0.15) is 11.3 Å². The highest BCUT2D eigenvalue weighted by molar-refractivity contribution is 7.14. The van der Waals surface area contributed by atoms with Crippen molar-refractivity contribution < 1.29 is 19.0 Å². The Morgan fingerprint density at radius 2 is 2.25 bits per heavy atom. The summed E-state index contributed by atoms with van der Waals surface area (Å²) in [5.74, 6) is 0.607. The van der Waals surface area contributed by atoms with Crippen LogP contribution in [0.1, 0.15) is 16.1 Å². The Morgan fingerprint density at radius 1 is 1.33 bits per heavy atom.